The summed E-state index contributed by atoms with van der Waals surface area (Å²) in [6.07, 6.45) is 6.52. The molecule has 34 heavy (non-hydrogen) atoms. The SMILES string of the molecule is C[C@]1(O)C[C@@H](n2cnc3cc(OCCN4CCC5(CC4)C(=O)Nc4ccc(Cl)cc45)cnc32)C1. The van der Waals surface area contributed by atoms with E-state index in [4.69, 9.17) is 16.3 Å². The number of rotatable bonds is 5. The molecule has 1 amide bonds. The fourth-order valence-electron chi connectivity index (χ4n) is 5.73. The number of amides is 1. The number of fused-ring (bicyclic) bond motifs is 3. The molecule has 9 heteroatoms. The Morgan fingerprint density at radius 1 is 1.24 bits per heavy atom. The van der Waals surface area contributed by atoms with Crippen LogP contribution < -0.4 is 10.1 Å². The number of aromatic nitrogens is 3. The van der Waals surface area contributed by atoms with Crippen LogP contribution in [0.15, 0.2) is 36.8 Å². The van der Waals surface area contributed by atoms with Gasteiger partial charge in [-0.2, -0.15) is 0 Å². The number of pyridine rings is 1. The van der Waals surface area contributed by atoms with E-state index in [1.807, 2.05) is 35.8 Å². The van der Waals surface area contributed by atoms with Crippen LogP contribution >= 0.6 is 11.6 Å². The van der Waals surface area contributed by atoms with Crippen LogP contribution in [0.4, 0.5) is 5.69 Å². The normalized spacial score (nSPS) is 25.9. The van der Waals surface area contributed by atoms with E-state index in [0.29, 0.717) is 17.4 Å². The minimum absolute atomic E-state index is 0.0880. The van der Waals surface area contributed by atoms with Crippen molar-refractivity contribution in [3.8, 4) is 5.75 Å². The molecule has 2 aromatic heterocycles. The van der Waals surface area contributed by atoms with Gasteiger partial charge in [-0.1, -0.05) is 11.6 Å². The Balaban J connectivity index is 1.04. The van der Waals surface area contributed by atoms with E-state index in [-0.39, 0.29) is 11.9 Å². The lowest BCUT2D eigenvalue weighted by atomic mass is 9.73. The zero-order valence-electron chi connectivity index (χ0n) is 19.1. The highest BCUT2D eigenvalue weighted by molar-refractivity contribution is 6.31. The van der Waals surface area contributed by atoms with Crippen LogP contribution in [-0.2, 0) is 10.2 Å². The summed E-state index contributed by atoms with van der Waals surface area (Å²) in [5, 5.41) is 13.7. The van der Waals surface area contributed by atoms with Crippen molar-refractivity contribution in [1.82, 2.24) is 19.4 Å². The number of piperidine rings is 1. The molecular weight excluding hydrogens is 454 g/mol. The molecule has 1 saturated heterocycles. The number of carbonyl (C=O) groups excluding carboxylic acids is 1. The average molecular weight is 482 g/mol. The second-order valence-electron chi connectivity index (χ2n) is 10.1. The van der Waals surface area contributed by atoms with Gasteiger partial charge in [0.2, 0.25) is 5.91 Å². The van der Waals surface area contributed by atoms with Gasteiger partial charge in [-0.25, -0.2) is 9.97 Å². The largest absolute Gasteiger partial charge is 0.491 e. The topological polar surface area (TPSA) is 92.5 Å². The van der Waals surface area contributed by atoms with Crippen molar-refractivity contribution in [3.05, 3.63) is 47.4 Å². The fraction of sp³-hybridized carbons (Fsp3) is 0.480. The molecule has 4 heterocycles. The molecule has 178 valence electrons. The Kier molecular flexibility index (Phi) is 5.09. The number of aliphatic hydroxyl groups is 1. The third kappa shape index (κ3) is 3.65. The van der Waals surface area contributed by atoms with Gasteiger partial charge in [-0.05, 0) is 69.5 Å². The summed E-state index contributed by atoms with van der Waals surface area (Å²) >= 11 is 6.22. The van der Waals surface area contributed by atoms with Crippen molar-refractivity contribution in [3.63, 3.8) is 0 Å². The minimum atomic E-state index is -0.587. The van der Waals surface area contributed by atoms with Crippen molar-refractivity contribution in [2.24, 2.45) is 0 Å². The zero-order valence-corrected chi connectivity index (χ0v) is 19.9. The van der Waals surface area contributed by atoms with Gasteiger partial charge >= 0.3 is 0 Å². The van der Waals surface area contributed by atoms with E-state index in [2.05, 4.69) is 20.2 Å². The number of halogens is 1. The van der Waals surface area contributed by atoms with Crippen molar-refractivity contribution in [2.45, 2.75) is 49.7 Å². The first-order valence-corrected chi connectivity index (χ1v) is 12.2. The summed E-state index contributed by atoms with van der Waals surface area (Å²) in [4.78, 5) is 24.2. The fourth-order valence-corrected chi connectivity index (χ4v) is 5.90. The molecule has 0 atom stereocenters. The number of benzene rings is 1. The zero-order chi connectivity index (χ0) is 23.5. The number of hydrogen-bond donors (Lipinski definition) is 2. The highest BCUT2D eigenvalue weighted by Gasteiger charge is 2.48. The number of likely N-dealkylation sites (tertiary alicyclic amines) is 1. The third-order valence-corrected chi connectivity index (χ3v) is 7.93. The van der Waals surface area contributed by atoms with Crippen LogP contribution in [0, 0.1) is 0 Å². The Labute approximate surface area is 202 Å². The van der Waals surface area contributed by atoms with Crippen LogP contribution in [0.1, 0.15) is 44.2 Å². The molecule has 1 aromatic carbocycles. The minimum Gasteiger partial charge on any atom is -0.491 e. The lowest BCUT2D eigenvalue weighted by Crippen LogP contribution is -2.47. The van der Waals surface area contributed by atoms with E-state index >= 15 is 0 Å². The molecule has 1 aliphatic carbocycles. The summed E-state index contributed by atoms with van der Waals surface area (Å²) in [6.45, 7) is 4.84. The quantitative estimate of drug-likeness (QED) is 0.579. The molecule has 2 aliphatic heterocycles. The van der Waals surface area contributed by atoms with Crippen molar-refractivity contribution < 1.29 is 14.6 Å². The highest BCUT2D eigenvalue weighted by atomic mass is 35.5. The summed E-state index contributed by atoms with van der Waals surface area (Å²) in [5.74, 6) is 0.788. The van der Waals surface area contributed by atoms with Gasteiger partial charge in [-0.15, -0.1) is 0 Å². The number of nitrogens with one attached hydrogen (secondary N) is 1. The Hall–Kier alpha value is -2.68. The van der Waals surface area contributed by atoms with Gasteiger partial charge in [0, 0.05) is 29.4 Å². The van der Waals surface area contributed by atoms with Gasteiger partial charge < -0.3 is 19.7 Å². The second-order valence-corrected chi connectivity index (χ2v) is 10.6. The molecule has 1 saturated carbocycles. The molecule has 8 nitrogen and oxygen atoms in total. The predicted octanol–water partition coefficient (Wildman–Crippen LogP) is 3.54. The molecule has 3 aliphatic rings. The first kappa shape index (κ1) is 21.8. The van der Waals surface area contributed by atoms with Gasteiger partial charge in [-0.3, -0.25) is 9.69 Å². The summed E-state index contributed by atoms with van der Waals surface area (Å²) < 4.78 is 8.03. The van der Waals surface area contributed by atoms with Gasteiger partial charge in [0.1, 0.15) is 17.9 Å². The molecule has 6 rings (SSSR count). The molecule has 0 radical (unpaired) electrons. The van der Waals surface area contributed by atoms with Crippen LogP contribution in [0.25, 0.3) is 11.2 Å². The Morgan fingerprint density at radius 2 is 2.03 bits per heavy atom. The maximum atomic E-state index is 12.8. The van der Waals surface area contributed by atoms with E-state index < -0.39 is 11.0 Å². The summed E-state index contributed by atoms with van der Waals surface area (Å²) in [6, 6.07) is 7.82. The molecular formula is C25H28ClN5O3. The number of imidazole rings is 1. The van der Waals surface area contributed by atoms with E-state index in [9.17, 15) is 9.90 Å². The predicted molar refractivity (Wildman–Crippen MR) is 129 cm³/mol. The van der Waals surface area contributed by atoms with E-state index in [1.165, 1.54) is 0 Å². The first-order valence-electron chi connectivity index (χ1n) is 11.8. The Morgan fingerprint density at radius 3 is 2.79 bits per heavy atom. The molecule has 3 aromatic rings. The van der Waals surface area contributed by atoms with Crippen LogP contribution in [0.3, 0.4) is 0 Å². The van der Waals surface area contributed by atoms with Gasteiger partial charge in [0.05, 0.1) is 23.5 Å². The van der Waals surface area contributed by atoms with Crippen LogP contribution in [0.2, 0.25) is 5.02 Å². The number of ether oxygens (including phenoxy) is 1. The number of hydrogen-bond acceptors (Lipinski definition) is 6. The summed E-state index contributed by atoms with van der Waals surface area (Å²) in [7, 11) is 0. The van der Waals surface area contributed by atoms with Crippen LogP contribution in [-0.4, -0.2) is 62.3 Å². The molecule has 1 spiro atoms. The monoisotopic (exact) mass is 481 g/mol. The Bertz CT molecular complexity index is 1260. The van der Waals surface area contributed by atoms with Gasteiger partial charge in [0.25, 0.3) is 0 Å². The number of nitrogens with zero attached hydrogens (tertiary/aromatic N) is 4. The second kappa shape index (κ2) is 7.93. The molecule has 2 fully saturated rings. The third-order valence-electron chi connectivity index (χ3n) is 7.70. The first-order chi connectivity index (χ1) is 16.3. The average Bonchev–Trinajstić information content (AvgIpc) is 3.32. The molecule has 0 bridgehead atoms. The number of anilines is 1. The standard InChI is InChI=1S/C25H28ClN5O3/c1-24(33)12-17(13-24)31-15-28-21-11-18(14-27-22(21)31)34-9-8-30-6-4-25(5-7-30)19-10-16(26)2-3-20(19)29-23(25)32/h2-3,10-11,14-15,17,33H,4-9,12-13H2,1H3,(H,29,32)/t17-,24+. The molecule has 0 unspecified atom stereocenters. The maximum absolute atomic E-state index is 12.8. The van der Waals surface area contributed by atoms with Crippen molar-refractivity contribution >= 4 is 34.4 Å². The lowest BCUT2D eigenvalue weighted by molar-refractivity contribution is -0.122. The summed E-state index contributed by atoms with van der Waals surface area (Å²) in [5.41, 5.74) is 2.48. The van der Waals surface area contributed by atoms with Gasteiger partial charge in [0.15, 0.2) is 5.65 Å². The van der Waals surface area contributed by atoms with Crippen molar-refractivity contribution in [2.75, 3.05) is 31.6 Å². The van der Waals surface area contributed by atoms with Crippen LogP contribution in [0.5, 0.6) is 5.75 Å². The smallest absolute Gasteiger partial charge is 0.235 e. The van der Waals surface area contributed by atoms with E-state index in [1.54, 1.807) is 12.5 Å². The maximum Gasteiger partial charge on any atom is 0.235 e. The molecule has 2 N–H and O–H groups in total. The lowest BCUT2D eigenvalue weighted by Gasteiger charge is -2.41. The number of carbonyl (C=O) groups is 1. The van der Waals surface area contributed by atoms with E-state index in [0.717, 1.165) is 67.7 Å². The highest BCUT2D eigenvalue weighted by Crippen LogP contribution is 2.46. The van der Waals surface area contributed by atoms with Crippen molar-refractivity contribution in [1.29, 1.82) is 0 Å².